The van der Waals surface area contributed by atoms with Crippen LogP contribution >= 0.6 is 0 Å². The predicted octanol–water partition coefficient (Wildman–Crippen LogP) is 0.147. The van der Waals surface area contributed by atoms with E-state index in [1.54, 1.807) is 18.9 Å². The molecule has 5 nitrogen and oxygen atoms in total. The average Bonchev–Trinajstić information content (AvgIpc) is 2.24. The molecule has 0 aromatic rings. The minimum Gasteiger partial charge on any atom is -0.381 e. The lowest BCUT2D eigenvalue weighted by Gasteiger charge is -2.56. The van der Waals surface area contributed by atoms with E-state index in [4.69, 9.17) is 4.74 Å². The molecule has 2 rings (SSSR count). The van der Waals surface area contributed by atoms with Gasteiger partial charge in [-0.05, 0) is 13.3 Å². The standard InChI is InChI=1S/C12H20N2O3/c1-7-11(16)14(6-10(15)13-7)8-5-9(17-4)12(8,2)3/h7-9H,5-6H2,1-4H3,(H,13,15). The normalized spacial score (nSPS) is 36.5. The van der Waals surface area contributed by atoms with E-state index >= 15 is 0 Å². The van der Waals surface area contributed by atoms with Crippen molar-refractivity contribution < 1.29 is 14.3 Å². The predicted molar refractivity (Wildman–Crippen MR) is 62.3 cm³/mol. The Morgan fingerprint density at radius 2 is 2.06 bits per heavy atom. The molecular weight excluding hydrogens is 220 g/mol. The molecule has 0 spiro atoms. The van der Waals surface area contributed by atoms with Crippen molar-refractivity contribution in [3.05, 3.63) is 0 Å². The van der Waals surface area contributed by atoms with E-state index in [9.17, 15) is 9.59 Å². The summed E-state index contributed by atoms with van der Waals surface area (Å²) < 4.78 is 5.37. The lowest BCUT2D eigenvalue weighted by atomic mass is 9.63. The van der Waals surface area contributed by atoms with Crippen molar-refractivity contribution in [1.29, 1.82) is 0 Å². The fraction of sp³-hybridized carbons (Fsp3) is 0.833. The van der Waals surface area contributed by atoms with Crippen LogP contribution in [-0.4, -0.2) is 48.6 Å². The molecule has 1 saturated carbocycles. The van der Waals surface area contributed by atoms with Gasteiger partial charge in [-0.2, -0.15) is 0 Å². The number of carbonyl (C=O) groups is 2. The van der Waals surface area contributed by atoms with Gasteiger partial charge >= 0.3 is 0 Å². The zero-order valence-corrected chi connectivity index (χ0v) is 10.8. The molecule has 1 aliphatic heterocycles. The number of nitrogens with one attached hydrogen (secondary N) is 1. The van der Waals surface area contributed by atoms with Gasteiger partial charge in [-0.15, -0.1) is 0 Å². The molecule has 1 N–H and O–H groups in total. The SMILES string of the molecule is COC1CC(N2CC(=O)NC(C)C2=O)C1(C)C. The molecule has 2 fully saturated rings. The Labute approximate surface area is 101 Å². The minimum absolute atomic E-state index is 0.0113. The highest BCUT2D eigenvalue weighted by molar-refractivity contribution is 5.94. The van der Waals surface area contributed by atoms with Crippen LogP contribution in [0.5, 0.6) is 0 Å². The van der Waals surface area contributed by atoms with Gasteiger partial charge in [0.05, 0.1) is 12.6 Å². The molecule has 96 valence electrons. The summed E-state index contributed by atoms with van der Waals surface area (Å²) in [4.78, 5) is 25.3. The monoisotopic (exact) mass is 240 g/mol. The van der Waals surface area contributed by atoms with Crippen LogP contribution in [0, 0.1) is 5.41 Å². The number of hydrogen-bond acceptors (Lipinski definition) is 3. The summed E-state index contributed by atoms with van der Waals surface area (Å²) >= 11 is 0. The Kier molecular flexibility index (Phi) is 2.89. The van der Waals surface area contributed by atoms with Gasteiger partial charge in [0.15, 0.2) is 0 Å². The van der Waals surface area contributed by atoms with Gasteiger partial charge in [0.25, 0.3) is 0 Å². The Hall–Kier alpha value is -1.10. The third-order valence-electron chi connectivity index (χ3n) is 4.13. The number of amides is 2. The summed E-state index contributed by atoms with van der Waals surface area (Å²) in [6.45, 7) is 6.07. The summed E-state index contributed by atoms with van der Waals surface area (Å²) in [5, 5.41) is 2.65. The van der Waals surface area contributed by atoms with Crippen LogP contribution in [0.25, 0.3) is 0 Å². The largest absolute Gasteiger partial charge is 0.381 e. The smallest absolute Gasteiger partial charge is 0.245 e. The summed E-state index contributed by atoms with van der Waals surface area (Å²) in [5.41, 5.74) is -0.0816. The molecule has 3 atom stereocenters. The lowest BCUT2D eigenvalue weighted by molar-refractivity contribution is -0.170. The van der Waals surface area contributed by atoms with E-state index in [1.807, 2.05) is 0 Å². The molecule has 1 aliphatic carbocycles. The summed E-state index contributed by atoms with van der Waals surface area (Å²) in [6, 6.07) is -0.304. The first-order valence-corrected chi connectivity index (χ1v) is 6.00. The first kappa shape index (κ1) is 12.4. The number of hydrogen-bond donors (Lipinski definition) is 1. The van der Waals surface area contributed by atoms with E-state index in [2.05, 4.69) is 19.2 Å². The second kappa shape index (κ2) is 3.98. The van der Waals surface area contributed by atoms with Crippen LogP contribution < -0.4 is 5.32 Å². The molecule has 17 heavy (non-hydrogen) atoms. The highest BCUT2D eigenvalue weighted by Gasteiger charge is 2.53. The number of ether oxygens (including phenoxy) is 1. The van der Waals surface area contributed by atoms with E-state index in [1.165, 1.54) is 0 Å². The number of rotatable bonds is 2. The van der Waals surface area contributed by atoms with Gasteiger partial charge in [-0.1, -0.05) is 13.8 Å². The fourth-order valence-electron chi connectivity index (χ4n) is 2.89. The van der Waals surface area contributed by atoms with E-state index < -0.39 is 6.04 Å². The zero-order chi connectivity index (χ0) is 12.8. The number of methoxy groups -OCH3 is 1. The topological polar surface area (TPSA) is 58.6 Å². The molecular formula is C12H20N2O3. The van der Waals surface area contributed by atoms with Crippen molar-refractivity contribution in [2.45, 2.75) is 45.4 Å². The van der Waals surface area contributed by atoms with Gasteiger partial charge in [-0.3, -0.25) is 9.59 Å². The van der Waals surface area contributed by atoms with Crippen LogP contribution in [0.4, 0.5) is 0 Å². The van der Waals surface area contributed by atoms with Crippen molar-refractivity contribution in [2.24, 2.45) is 5.41 Å². The number of nitrogens with zero attached hydrogens (tertiary/aromatic N) is 1. The molecule has 5 heteroatoms. The van der Waals surface area contributed by atoms with Gasteiger partial charge < -0.3 is 15.0 Å². The van der Waals surface area contributed by atoms with E-state index in [0.717, 1.165) is 6.42 Å². The third kappa shape index (κ3) is 1.82. The lowest BCUT2D eigenvalue weighted by Crippen LogP contribution is -2.68. The van der Waals surface area contributed by atoms with Crippen molar-refractivity contribution >= 4 is 11.8 Å². The van der Waals surface area contributed by atoms with Crippen LogP contribution in [-0.2, 0) is 14.3 Å². The van der Waals surface area contributed by atoms with Gasteiger partial charge in [-0.25, -0.2) is 0 Å². The summed E-state index contributed by atoms with van der Waals surface area (Å²) in [6.07, 6.45) is 0.982. The molecule has 0 aromatic carbocycles. The number of piperazine rings is 1. The quantitative estimate of drug-likeness (QED) is 0.747. The second-order valence-electron chi connectivity index (χ2n) is 5.55. The molecule has 0 radical (unpaired) electrons. The molecule has 1 heterocycles. The maximum Gasteiger partial charge on any atom is 0.245 e. The van der Waals surface area contributed by atoms with Crippen molar-refractivity contribution in [3.63, 3.8) is 0 Å². The zero-order valence-electron chi connectivity index (χ0n) is 10.8. The van der Waals surface area contributed by atoms with E-state index in [-0.39, 0.29) is 35.9 Å². The van der Waals surface area contributed by atoms with Crippen LogP contribution in [0.2, 0.25) is 0 Å². The van der Waals surface area contributed by atoms with Gasteiger partial charge in [0.1, 0.15) is 6.04 Å². The molecule has 0 bridgehead atoms. The van der Waals surface area contributed by atoms with Gasteiger partial charge in [0, 0.05) is 18.6 Å². The van der Waals surface area contributed by atoms with Crippen molar-refractivity contribution in [2.75, 3.05) is 13.7 Å². The average molecular weight is 240 g/mol. The first-order valence-electron chi connectivity index (χ1n) is 6.00. The Bertz CT molecular complexity index is 354. The molecule has 2 aliphatic rings. The number of carbonyl (C=O) groups excluding carboxylic acids is 2. The Balaban J connectivity index is 2.13. The molecule has 3 unspecified atom stereocenters. The Morgan fingerprint density at radius 3 is 2.59 bits per heavy atom. The van der Waals surface area contributed by atoms with E-state index in [0.29, 0.717) is 0 Å². The third-order valence-corrected chi connectivity index (χ3v) is 4.13. The minimum atomic E-state index is -0.409. The maximum absolute atomic E-state index is 12.1. The van der Waals surface area contributed by atoms with Gasteiger partial charge in [0.2, 0.25) is 11.8 Å². The highest BCUT2D eigenvalue weighted by Crippen LogP contribution is 2.45. The van der Waals surface area contributed by atoms with Crippen LogP contribution in [0.3, 0.4) is 0 Å². The summed E-state index contributed by atoms with van der Waals surface area (Å²) in [5.74, 6) is -0.0639. The van der Waals surface area contributed by atoms with Crippen LogP contribution in [0.15, 0.2) is 0 Å². The summed E-state index contributed by atoms with van der Waals surface area (Å²) in [7, 11) is 1.69. The highest BCUT2D eigenvalue weighted by atomic mass is 16.5. The first-order chi connectivity index (χ1) is 7.87. The van der Waals surface area contributed by atoms with Crippen molar-refractivity contribution in [3.8, 4) is 0 Å². The van der Waals surface area contributed by atoms with Crippen LogP contribution in [0.1, 0.15) is 27.2 Å². The second-order valence-corrected chi connectivity index (χ2v) is 5.55. The molecule has 1 saturated heterocycles. The molecule has 0 aromatic heterocycles. The maximum atomic E-state index is 12.1. The fourth-order valence-corrected chi connectivity index (χ4v) is 2.89. The molecule has 2 amide bonds. The van der Waals surface area contributed by atoms with Crippen molar-refractivity contribution in [1.82, 2.24) is 10.2 Å². The Morgan fingerprint density at radius 1 is 1.41 bits per heavy atom.